The molecular formula is C33H29N3O4S3. The van der Waals surface area contributed by atoms with Gasteiger partial charge in [0.05, 0.1) is 22.5 Å². The van der Waals surface area contributed by atoms with E-state index < -0.39 is 0 Å². The van der Waals surface area contributed by atoms with Gasteiger partial charge in [0.25, 0.3) is 0 Å². The summed E-state index contributed by atoms with van der Waals surface area (Å²) in [6.07, 6.45) is 0.839. The minimum Gasteiger partial charge on any atom is -0.325 e. The number of carbonyl (C=O) groups excluding carboxylic acids is 3. The van der Waals surface area contributed by atoms with Gasteiger partial charge in [-0.3, -0.25) is 28.6 Å². The Hall–Kier alpha value is -3.47. The molecule has 0 spiro atoms. The van der Waals surface area contributed by atoms with Gasteiger partial charge in [-0.2, -0.15) is 0 Å². The van der Waals surface area contributed by atoms with E-state index in [2.05, 4.69) is 16.8 Å². The van der Waals surface area contributed by atoms with Crippen molar-refractivity contribution in [3.63, 3.8) is 0 Å². The third kappa shape index (κ3) is 4.13. The van der Waals surface area contributed by atoms with Crippen LogP contribution < -0.4 is 15.1 Å². The Labute approximate surface area is 260 Å². The predicted molar refractivity (Wildman–Crippen MR) is 170 cm³/mol. The number of aryl methyl sites for hydroxylation is 2. The maximum Gasteiger partial charge on any atom is 0.308 e. The van der Waals surface area contributed by atoms with Crippen LogP contribution in [0.2, 0.25) is 0 Å². The molecule has 7 unspecified atom stereocenters. The van der Waals surface area contributed by atoms with Crippen LogP contribution in [0, 0.1) is 43.4 Å². The van der Waals surface area contributed by atoms with Crippen molar-refractivity contribution in [3.8, 4) is 0 Å². The lowest BCUT2D eigenvalue weighted by molar-refractivity contribution is -0.123. The number of thioether (sulfide) groups is 1. The number of carbonyl (C=O) groups is 3. The van der Waals surface area contributed by atoms with Crippen molar-refractivity contribution >= 4 is 63.5 Å². The van der Waals surface area contributed by atoms with Crippen molar-refractivity contribution in [3.05, 3.63) is 96.6 Å². The van der Waals surface area contributed by atoms with Crippen molar-refractivity contribution in [1.29, 1.82) is 0 Å². The van der Waals surface area contributed by atoms with E-state index in [9.17, 15) is 19.2 Å². The molecule has 7 atom stereocenters. The van der Waals surface area contributed by atoms with Gasteiger partial charge in [-0.1, -0.05) is 47.2 Å². The molecule has 4 heterocycles. The molecule has 2 bridgehead atoms. The molecule has 1 saturated heterocycles. The summed E-state index contributed by atoms with van der Waals surface area (Å²) in [5.74, 6) is -0.885. The standard InChI is InChI=1S/C33H29N3O4S3/c1-16-8-10-19(11-9-16)36-30(38)25-20-14-21(26(25)31(36)39)28-24(20)27(22-7-4-12-41-22)29-32(42-28)35(33(40)43-29)15-23(37)34-18-6-3-5-17(2)13-18/h3-13,20-21,24-28H,14-15H2,1-2H3,(H,34,37). The monoisotopic (exact) mass is 627 g/mol. The summed E-state index contributed by atoms with van der Waals surface area (Å²) in [5, 5.41) is 5.92. The maximum absolute atomic E-state index is 13.9. The average Bonchev–Trinajstić information content (AvgIpc) is 3.79. The summed E-state index contributed by atoms with van der Waals surface area (Å²) in [4.78, 5) is 57.9. The molecule has 2 aromatic carbocycles. The highest BCUT2D eigenvalue weighted by Gasteiger charge is 2.70. The smallest absolute Gasteiger partial charge is 0.308 e. The highest BCUT2D eigenvalue weighted by molar-refractivity contribution is 8.00. The van der Waals surface area contributed by atoms with Crippen LogP contribution in [0.15, 0.2) is 75.9 Å². The molecule has 3 fully saturated rings. The van der Waals surface area contributed by atoms with Gasteiger partial charge in [0.2, 0.25) is 17.7 Å². The molecule has 218 valence electrons. The second kappa shape index (κ2) is 10.0. The zero-order valence-electron chi connectivity index (χ0n) is 23.6. The number of thiazole rings is 1. The zero-order chi connectivity index (χ0) is 29.6. The topological polar surface area (TPSA) is 88.5 Å². The van der Waals surface area contributed by atoms with Crippen LogP contribution in [-0.4, -0.2) is 27.5 Å². The van der Waals surface area contributed by atoms with Gasteiger partial charge in [-0.25, -0.2) is 0 Å². The Morgan fingerprint density at radius 2 is 1.70 bits per heavy atom. The number of benzene rings is 2. The van der Waals surface area contributed by atoms with Gasteiger partial charge in [-0.15, -0.1) is 23.1 Å². The van der Waals surface area contributed by atoms with Crippen LogP contribution in [0.5, 0.6) is 0 Å². The predicted octanol–water partition coefficient (Wildman–Crippen LogP) is 5.90. The number of imide groups is 1. The Balaban J connectivity index is 1.15. The first-order chi connectivity index (χ1) is 20.8. The Morgan fingerprint density at radius 3 is 2.42 bits per heavy atom. The number of nitrogens with one attached hydrogen (secondary N) is 1. The van der Waals surface area contributed by atoms with Gasteiger partial charge in [-0.05, 0) is 79.3 Å². The molecular weight excluding hydrogens is 599 g/mol. The third-order valence-corrected chi connectivity index (χ3v) is 13.4. The molecule has 2 aliphatic carbocycles. The van der Waals surface area contributed by atoms with Crippen LogP contribution >= 0.6 is 34.4 Å². The van der Waals surface area contributed by atoms with E-state index in [1.54, 1.807) is 27.7 Å². The molecule has 2 saturated carbocycles. The number of amides is 3. The van der Waals surface area contributed by atoms with Gasteiger partial charge < -0.3 is 5.32 Å². The Morgan fingerprint density at radius 1 is 0.930 bits per heavy atom. The second-order valence-electron chi connectivity index (χ2n) is 12.2. The summed E-state index contributed by atoms with van der Waals surface area (Å²) in [6, 6.07) is 19.4. The number of thiophene rings is 1. The van der Waals surface area contributed by atoms with Crippen molar-refractivity contribution in [2.45, 2.75) is 43.0 Å². The third-order valence-electron chi connectivity index (χ3n) is 9.69. The molecule has 10 heteroatoms. The van der Waals surface area contributed by atoms with Crippen LogP contribution in [0.25, 0.3) is 0 Å². The van der Waals surface area contributed by atoms with Gasteiger partial charge in [0, 0.05) is 26.6 Å². The number of hydrogen-bond donors (Lipinski definition) is 1. The van der Waals surface area contributed by atoms with Crippen LogP contribution in [0.3, 0.4) is 0 Å². The summed E-state index contributed by atoms with van der Waals surface area (Å²) in [7, 11) is 0. The number of nitrogens with zero attached hydrogens (tertiary/aromatic N) is 2. The lowest BCUT2D eigenvalue weighted by atomic mass is 9.69. The fourth-order valence-corrected chi connectivity index (χ4v) is 12.2. The SMILES string of the molecule is Cc1ccc(N2C(=O)C3C4CC(C3C2=O)C2C(c3cccs3)c3sc(=O)n(CC(=O)Nc5cccc(C)c5)c3SC42)cc1. The van der Waals surface area contributed by atoms with E-state index >= 15 is 0 Å². The Kier molecular flexibility index (Phi) is 6.33. The molecule has 1 N–H and O–H groups in total. The normalized spacial score (nSPS) is 28.6. The highest BCUT2D eigenvalue weighted by atomic mass is 32.2. The van der Waals surface area contributed by atoms with Crippen molar-refractivity contribution in [2.75, 3.05) is 10.2 Å². The first-order valence-electron chi connectivity index (χ1n) is 14.5. The van der Waals surface area contributed by atoms with Gasteiger partial charge in [0.1, 0.15) is 6.54 Å². The number of fused-ring (bicyclic) bond motifs is 9. The summed E-state index contributed by atoms with van der Waals surface area (Å²) < 4.78 is 1.62. The van der Waals surface area contributed by atoms with Crippen LogP contribution in [-0.2, 0) is 20.9 Å². The van der Waals surface area contributed by atoms with E-state index in [1.165, 1.54) is 21.1 Å². The summed E-state index contributed by atoms with van der Waals surface area (Å²) in [6.45, 7) is 3.89. The molecule has 4 aliphatic rings. The number of anilines is 2. The molecule has 4 aromatic rings. The van der Waals surface area contributed by atoms with Crippen LogP contribution in [0.1, 0.15) is 33.2 Å². The zero-order valence-corrected chi connectivity index (χ0v) is 26.0. The van der Waals surface area contributed by atoms with E-state index in [1.807, 2.05) is 68.4 Å². The molecule has 2 aromatic heterocycles. The largest absolute Gasteiger partial charge is 0.325 e. The second-order valence-corrected chi connectivity index (χ2v) is 15.3. The molecule has 2 aliphatic heterocycles. The number of aromatic nitrogens is 1. The molecule has 3 amide bonds. The summed E-state index contributed by atoms with van der Waals surface area (Å²) in [5.41, 5.74) is 3.47. The van der Waals surface area contributed by atoms with Crippen LogP contribution in [0.4, 0.5) is 11.4 Å². The van der Waals surface area contributed by atoms with E-state index in [0.717, 1.165) is 27.5 Å². The molecule has 8 rings (SSSR count). The van der Waals surface area contributed by atoms with Crippen molar-refractivity contribution in [2.24, 2.45) is 29.6 Å². The fourth-order valence-electron chi connectivity index (χ4n) is 8.06. The van der Waals surface area contributed by atoms with Gasteiger partial charge in [0.15, 0.2) is 0 Å². The minimum absolute atomic E-state index is 0.0349. The minimum atomic E-state index is -0.346. The lowest BCUT2D eigenvalue weighted by Crippen LogP contribution is -2.43. The van der Waals surface area contributed by atoms with Crippen molar-refractivity contribution in [1.82, 2.24) is 4.57 Å². The lowest BCUT2D eigenvalue weighted by Gasteiger charge is -2.42. The number of rotatable bonds is 5. The molecule has 0 radical (unpaired) electrons. The average molecular weight is 628 g/mol. The van der Waals surface area contributed by atoms with Crippen molar-refractivity contribution < 1.29 is 14.4 Å². The quantitative estimate of drug-likeness (QED) is 0.278. The molecule has 43 heavy (non-hydrogen) atoms. The number of hydrogen-bond acceptors (Lipinski definition) is 7. The Bertz CT molecular complexity index is 1840. The van der Waals surface area contributed by atoms with E-state index in [-0.39, 0.29) is 69.9 Å². The maximum atomic E-state index is 13.9. The first-order valence-corrected chi connectivity index (χ1v) is 17.1. The van der Waals surface area contributed by atoms with Gasteiger partial charge >= 0.3 is 4.87 Å². The van der Waals surface area contributed by atoms with E-state index in [4.69, 9.17) is 0 Å². The summed E-state index contributed by atoms with van der Waals surface area (Å²) >= 11 is 4.55. The van der Waals surface area contributed by atoms with E-state index in [0.29, 0.717) is 11.4 Å². The fraction of sp³-hybridized carbons (Fsp3) is 0.333. The first kappa shape index (κ1) is 27.1. The highest BCUT2D eigenvalue weighted by Crippen LogP contribution is 2.69. The molecule has 7 nitrogen and oxygen atoms in total.